The van der Waals surface area contributed by atoms with Gasteiger partial charge in [0.25, 0.3) is 0 Å². The molecule has 2 rings (SSSR count). The Morgan fingerprint density at radius 3 is 2.71 bits per heavy atom. The van der Waals surface area contributed by atoms with E-state index in [4.69, 9.17) is 5.73 Å². The predicted octanol–water partition coefficient (Wildman–Crippen LogP) is 3.58. The summed E-state index contributed by atoms with van der Waals surface area (Å²) in [7, 11) is 0. The molecule has 1 saturated carbocycles. The third-order valence-corrected chi connectivity index (χ3v) is 4.53. The van der Waals surface area contributed by atoms with Crippen molar-refractivity contribution in [2.75, 3.05) is 0 Å². The Bertz CT molecular complexity index is 428. The van der Waals surface area contributed by atoms with Crippen LogP contribution in [0.25, 0.3) is 0 Å². The largest absolute Gasteiger partial charge is 0.328 e. The standard InChI is InChI=1S/C18H28N2O/c1-14-8-6-4-2-3-5-7-9-17(14)20-18(21)15-10-12-16(19)13-11-15/h5,7,9,15-16H,1-4,6,8,10-13,19H2,(H,20,21)/b7-5-,17-9?. The maximum atomic E-state index is 12.4. The second-order valence-corrected chi connectivity index (χ2v) is 6.31. The Morgan fingerprint density at radius 2 is 1.95 bits per heavy atom. The lowest BCUT2D eigenvalue weighted by atomic mass is 9.86. The van der Waals surface area contributed by atoms with Gasteiger partial charge >= 0.3 is 0 Å². The summed E-state index contributed by atoms with van der Waals surface area (Å²) in [6, 6.07) is 0.278. The summed E-state index contributed by atoms with van der Waals surface area (Å²) in [4.78, 5) is 12.4. The third kappa shape index (κ3) is 5.16. The van der Waals surface area contributed by atoms with E-state index in [1.807, 2.05) is 12.2 Å². The average molecular weight is 288 g/mol. The molecule has 2 aliphatic rings. The van der Waals surface area contributed by atoms with Gasteiger partial charge in [-0.1, -0.05) is 25.2 Å². The second-order valence-electron chi connectivity index (χ2n) is 6.31. The molecule has 116 valence electrons. The highest BCUT2D eigenvalue weighted by atomic mass is 16.1. The molecule has 0 aliphatic heterocycles. The van der Waals surface area contributed by atoms with Crippen molar-refractivity contribution in [3.63, 3.8) is 0 Å². The van der Waals surface area contributed by atoms with E-state index in [0.29, 0.717) is 0 Å². The van der Waals surface area contributed by atoms with E-state index in [0.717, 1.165) is 56.2 Å². The highest BCUT2D eigenvalue weighted by Gasteiger charge is 2.25. The molecule has 0 spiro atoms. The van der Waals surface area contributed by atoms with Crippen molar-refractivity contribution in [1.29, 1.82) is 0 Å². The number of hydrogen-bond donors (Lipinski definition) is 2. The monoisotopic (exact) mass is 288 g/mol. The van der Waals surface area contributed by atoms with E-state index in [1.165, 1.54) is 12.8 Å². The number of rotatable bonds is 2. The van der Waals surface area contributed by atoms with Crippen molar-refractivity contribution >= 4 is 5.91 Å². The molecular weight excluding hydrogens is 260 g/mol. The lowest BCUT2D eigenvalue weighted by molar-refractivity contribution is -0.125. The van der Waals surface area contributed by atoms with Crippen LogP contribution in [0.5, 0.6) is 0 Å². The molecule has 21 heavy (non-hydrogen) atoms. The zero-order valence-corrected chi connectivity index (χ0v) is 12.9. The van der Waals surface area contributed by atoms with Crippen molar-refractivity contribution in [2.45, 2.75) is 63.8 Å². The van der Waals surface area contributed by atoms with Crippen LogP contribution >= 0.6 is 0 Å². The van der Waals surface area contributed by atoms with Crippen LogP contribution < -0.4 is 11.1 Å². The van der Waals surface area contributed by atoms with Gasteiger partial charge in [0.05, 0.1) is 0 Å². The molecule has 0 aromatic carbocycles. The molecule has 1 fully saturated rings. The molecular formula is C18H28N2O. The van der Waals surface area contributed by atoms with E-state index in [9.17, 15) is 4.79 Å². The van der Waals surface area contributed by atoms with Gasteiger partial charge in [-0.25, -0.2) is 0 Å². The van der Waals surface area contributed by atoms with Gasteiger partial charge in [0.15, 0.2) is 0 Å². The van der Waals surface area contributed by atoms with E-state index < -0.39 is 0 Å². The number of nitrogens with one attached hydrogen (secondary N) is 1. The first kappa shape index (κ1) is 16.0. The lowest BCUT2D eigenvalue weighted by Gasteiger charge is -2.26. The smallest absolute Gasteiger partial charge is 0.227 e. The Balaban J connectivity index is 1.97. The van der Waals surface area contributed by atoms with Crippen LogP contribution in [0.1, 0.15) is 57.8 Å². The molecule has 0 aromatic heterocycles. The highest BCUT2D eigenvalue weighted by Crippen LogP contribution is 2.24. The van der Waals surface area contributed by atoms with Crippen molar-refractivity contribution < 1.29 is 4.79 Å². The number of nitrogens with two attached hydrogens (primary N) is 1. The van der Waals surface area contributed by atoms with Gasteiger partial charge in [0, 0.05) is 17.7 Å². The quantitative estimate of drug-likeness (QED) is 0.816. The first-order valence-corrected chi connectivity index (χ1v) is 8.28. The van der Waals surface area contributed by atoms with Gasteiger partial charge in [-0.05, 0) is 63.0 Å². The van der Waals surface area contributed by atoms with Crippen LogP contribution in [-0.2, 0) is 4.79 Å². The van der Waals surface area contributed by atoms with Crippen molar-refractivity contribution in [3.8, 4) is 0 Å². The van der Waals surface area contributed by atoms with E-state index >= 15 is 0 Å². The van der Waals surface area contributed by atoms with Crippen LogP contribution in [0.3, 0.4) is 0 Å². The topological polar surface area (TPSA) is 55.1 Å². The molecule has 0 atom stereocenters. The number of allylic oxidation sites excluding steroid dienone is 4. The molecule has 1 amide bonds. The Labute approximate surface area is 128 Å². The molecule has 0 bridgehead atoms. The lowest BCUT2D eigenvalue weighted by Crippen LogP contribution is -2.36. The highest BCUT2D eigenvalue weighted by molar-refractivity contribution is 5.81. The zero-order chi connectivity index (χ0) is 15.1. The van der Waals surface area contributed by atoms with Gasteiger partial charge in [-0.15, -0.1) is 0 Å². The van der Waals surface area contributed by atoms with Crippen LogP contribution in [0.15, 0.2) is 36.1 Å². The summed E-state index contributed by atoms with van der Waals surface area (Å²) >= 11 is 0. The maximum Gasteiger partial charge on any atom is 0.227 e. The number of carbonyl (C=O) groups excluding carboxylic acids is 1. The van der Waals surface area contributed by atoms with Crippen molar-refractivity contribution in [3.05, 3.63) is 36.1 Å². The molecule has 0 unspecified atom stereocenters. The summed E-state index contributed by atoms with van der Waals surface area (Å²) in [6.07, 6.45) is 15.6. The molecule has 0 saturated heterocycles. The molecule has 0 radical (unpaired) electrons. The van der Waals surface area contributed by atoms with Gasteiger partial charge in [-0.2, -0.15) is 0 Å². The van der Waals surface area contributed by atoms with Crippen LogP contribution in [0.4, 0.5) is 0 Å². The molecule has 0 aromatic rings. The SMILES string of the molecule is C=C1CCCCC/C=C\C=C1NC(=O)C1CCC(N)CC1. The van der Waals surface area contributed by atoms with Crippen LogP contribution in [0, 0.1) is 5.92 Å². The van der Waals surface area contributed by atoms with Gasteiger partial charge in [-0.3, -0.25) is 4.79 Å². The fourth-order valence-electron chi connectivity index (χ4n) is 3.04. The normalized spacial score (nSPS) is 29.4. The first-order valence-electron chi connectivity index (χ1n) is 8.28. The average Bonchev–Trinajstić information content (AvgIpc) is 2.49. The Kier molecular flexibility index (Phi) is 6.24. The zero-order valence-electron chi connectivity index (χ0n) is 12.9. The van der Waals surface area contributed by atoms with Gasteiger partial charge in [0.2, 0.25) is 5.91 Å². The summed E-state index contributed by atoms with van der Waals surface area (Å²) in [5.41, 5.74) is 7.85. The summed E-state index contributed by atoms with van der Waals surface area (Å²) in [6.45, 7) is 4.14. The summed E-state index contributed by atoms with van der Waals surface area (Å²) in [5, 5.41) is 3.10. The van der Waals surface area contributed by atoms with E-state index in [1.54, 1.807) is 0 Å². The number of hydrogen-bond acceptors (Lipinski definition) is 2. The minimum Gasteiger partial charge on any atom is -0.328 e. The minimum atomic E-state index is 0.109. The molecule has 3 heteroatoms. The first-order chi connectivity index (χ1) is 10.2. The van der Waals surface area contributed by atoms with Crippen LogP contribution in [-0.4, -0.2) is 11.9 Å². The fourth-order valence-corrected chi connectivity index (χ4v) is 3.04. The van der Waals surface area contributed by atoms with Gasteiger partial charge in [0.1, 0.15) is 0 Å². The number of carbonyl (C=O) groups is 1. The molecule has 0 heterocycles. The Morgan fingerprint density at radius 1 is 1.19 bits per heavy atom. The second kappa shape index (κ2) is 8.18. The van der Waals surface area contributed by atoms with Crippen LogP contribution in [0.2, 0.25) is 0 Å². The molecule has 3 N–H and O–H groups in total. The fraction of sp³-hybridized carbons (Fsp3) is 0.611. The predicted molar refractivity (Wildman–Crippen MR) is 87.5 cm³/mol. The van der Waals surface area contributed by atoms with Crippen molar-refractivity contribution in [2.24, 2.45) is 11.7 Å². The van der Waals surface area contributed by atoms with E-state index in [-0.39, 0.29) is 17.9 Å². The van der Waals surface area contributed by atoms with E-state index in [2.05, 4.69) is 18.0 Å². The van der Waals surface area contributed by atoms with Gasteiger partial charge < -0.3 is 11.1 Å². The third-order valence-electron chi connectivity index (χ3n) is 4.53. The van der Waals surface area contributed by atoms with Crippen molar-refractivity contribution in [1.82, 2.24) is 5.32 Å². The maximum absolute atomic E-state index is 12.4. The molecule has 2 aliphatic carbocycles. The number of amides is 1. The summed E-state index contributed by atoms with van der Waals surface area (Å²) < 4.78 is 0. The molecule has 3 nitrogen and oxygen atoms in total. The summed E-state index contributed by atoms with van der Waals surface area (Å²) in [5.74, 6) is 0.248. The minimum absolute atomic E-state index is 0.109. The Hall–Kier alpha value is -1.35.